The van der Waals surface area contributed by atoms with Crippen LogP contribution in [0.25, 0.3) is 10.9 Å². The lowest BCUT2D eigenvalue weighted by Crippen LogP contribution is -2.25. The van der Waals surface area contributed by atoms with Gasteiger partial charge >= 0.3 is 0 Å². The van der Waals surface area contributed by atoms with Crippen molar-refractivity contribution in [2.75, 3.05) is 5.32 Å². The van der Waals surface area contributed by atoms with E-state index in [2.05, 4.69) is 15.6 Å². The number of amides is 2. The van der Waals surface area contributed by atoms with Crippen molar-refractivity contribution in [3.63, 3.8) is 0 Å². The highest BCUT2D eigenvalue weighted by molar-refractivity contribution is 7.80. The first-order valence-electron chi connectivity index (χ1n) is 8.24. The number of aliphatic imine (C=N–C) groups is 1. The number of nitrogens with zero attached hydrogens (tertiary/aromatic N) is 2. The molecule has 0 saturated carbocycles. The number of halogens is 1. The minimum absolute atomic E-state index is 0.00334. The van der Waals surface area contributed by atoms with Gasteiger partial charge in [0, 0.05) is 11.1 Å². The molecule has 3 aromatic rings. The molecule has 1 aliphatic heterocycles. The van der Waals surface area contributed by atoms with Gasteiger partial charge in [0.25, 0.3) is 5.91 Å². The summed E-state index contributed by atoms with van der Waals surface area (Å²) in [5.74, 6) is -1.62. The van der Waals surface area contributed by atoms with Crippen LogP contribution in [0.4, 0.5) is 10.1 Å². The van der Waals surface area contributed by atoms with Crippen molar-refractivity contribution in [3.05, 3.63) is 59.9 Å². The minimum Gasteiger partial charge on any atom is -0.494 e. The third-order valence-corrected chi connectivity index (χ3v) is 4.45. The average Bonchev–Trinajstić information content (AvgIpc) is 3.13. The van der Waals surface area contributed by atoms with Crippen LogP contribution in [0.15, 0.2) is 53.5 Å². The summed E-state index contributed by atoms with van der Waals surface area (Å²) in [6, 6.07) is 12.3. The van der Waals surface area contributed by atoms with Gasteiger partial charge in [-0.05, 0) is 42.5 Å². The van der Waals surface area contributed by atoms with Crippen molar-refractivity contribution >= 4 is 51.4 Å². The molecule has 0 fully saturated rings. The van der Waals surface area contributed by atoms with Crippen LogP contribution < -0.4 is 10.6 Å². The fourth-order valence-electron chi connectivity index (χ4n) is 3.07. The molecule has 0 aliphatic carbocycles. The van der Waals surface area contributed by atoms with Crippen LogP contribution in [0, 0.1) is 5.82 Å². The number of carbonyl (C=O) groups excluding carboxylic acids is 2. The molecule has 0 atom stereocenters. The zero-order chi connectivity index (χ0) is 19.8. The fraction of sp³-hybridized carbons (Fsp3) is 0.0526. The first-order valence-corrected chi connectivity index (χ1v) is 8.65. The molecule has 9 heteroatoms. The van der Waals surface area contributed by atoms with Crippen LogP contribution in [0.3, 0.4) is 0 Å². The van der Waals surface area contributed by atoms with E-state index in [0.717, 1.165) is 0 Å². The van der Waals surface area contributed by atoms with Gasteiger partial charge < -0.3 is 15.0 Å². The van der Waals surface area contributed by atoms with E-state index >= 15 is 0 Å². The summed E-state index contributed by atoms with van der Waals surface area (Å²) in [7, 11) is 0. The van der Waals surface area contributed by atoms with Gasteiger partial charge in [-0.2, -0.15) is 0 Å². The second-order valence-electron chi connectivity index (χ2n) is 6.08. The number of para-hydroxylation sites is 1. The number of aromatic hydroxyl groups is 1. The Kier molecular flexibility index (Phi) is 4.36. The molecule has 2 aromatic carbocycles. The first kappa shape index (κ1) is 17.8. The third kappa shape index (κ3) is 3.12. The number of hydrogen-bond acceptors (Lipinski definition) is 4. The van der Waals surface area contributed by atoms with Gasteiger partial charge in [0.2, 0.25) is 16.9 Å². The molecule has 3 N–H and O–H groups in total. The molecule has 0 saturated heterocycles. The predicted octanol–water partition coefficient (Wildman–Crippen LogP) is 2.33. The average molecular weight is 396 g/mol. The Morgan fingerprint density at radius 2 is 1.93 bits per heavy atom. The summed E-state index contributed by atoms with van der Waals surface area (Å²) in [5.41, 5.74) is 1.18. The van der Waals surface area contributed by atoms with Gasteiger partial charge in [0.1, 0.15) is 18.1 Å². The number of hydrogen-bond donors (Lipinski definition) is 3. The smallest absolute Gasteiger partial charge is 0.277 e. The lowest BCUT2D eigenvalue weighted by Gasteiger charge is -2.09. The van der Waals surface area contributed by atoms with Crippen molar-refractivity contribution < 1.29 is 19.1 Å². The summed E-state index contributed by atoms with van der Waals surface area (Å²) in [5, 5.41) is 16.4. The number of carbonyl (C=O) groups is 2. The SMILES string of the molecule is O=C(Cn1c(O)c(C2=NC(=S)NC2=O)c2ccccc21)Nc1ccc(F)cc1. The second-order valence-corrected chi connectivity index (χ2v) is 6.46. The zero-order valence-corrected chi connectivity index (χ0v) is 15.1. The Morgan fingerprint density at radius 3 is 2.61 bits per heavy atom. The van der Waals surface area contributed by atoms with E-state index in [1.807, 2.05) is 0 Å². The first-order chi connectivity index (χ1) is 13.4. The lowest BCUT2D eigenvalue weighted by atomic mass is 10.1. The summed E-state index contributed by atoms with van der Waals surface area (Å²) < 4.78 is 14.4. The maximum Gasteiger partial charge on any atom is 0.277 e. The molecule has 7 nitrogen and oxygen atoms in total. The topological polar surface area (TPSA) is 95.7 Å². The monoisotopic (exact) mass is 396 g/mol. The van der Waals surface area contributed by atoms with Crippen molar-refractivity contribution in [3.8, 4) is 5.88 Å². The van der Waals surface area contributed by atoms with Crippen LogP contribution in [0.2, 0.25) is 0 Å². The van der Waals surface area contributed by atoms with Gasteiger partial charge in [0.05, 0.1) is 11.1 Å². The Labute approximate surface area is 163 Å². The molecule has 1 aromatic heterocycles. The van der Waals surface area contributed by atoms with Crippen molar-refractivity contribution in [2.45, 2.75) is 6.54 Å². The molecule has 28 heavy (non-hydrogen) atoms. The summed E-state index contributed by atoms with van der Waals surface area (Å²) in [4.78, 5) is 28.6. The highest BCUT2D eigenvalue weighted by Crippen LogP contribution is 2.32. The van der Waals surface area contributed by atoms with Gasteiger partial charge in [-0.15, -0.1) is 0 Å². The molecule has 2 heterocycles. The molecular formula is C19H13FN4O3S. The van der Waals surface area contributed by atoms with E-state index in [9.17, 15) is 19.1 Å². The molecule has 1 aliphatic rings. The molecule has 0 radical (unpaired) electrons. The van der Waals surface area contributed by atoms with Crippen molar-refractivity contribution in [1.29, 1.82) is 0 Å². The van der Waals surface area contributed by atoms with Crippen LogP contribution in [0.1, 0.15) is 5.56 Å². The highest BCUT2D eigenvalue weighted by Gasteiger charge is 2.30. The Balaban J connectivity index is 1.72. The number of anilines is 1. The Hall–Kier alpha value is -3.59. The van der Waals surface area contributed by atoms with Gasteiger partial charge in [-0.3, -0.25) is 14.9 Å². The fourth-order valence-corrected chi connectivity index (χ4v) is 3.25. The quantitative estimate of drug-likeness (QED) is 0.590. The maximum atomic E-state index is 13.0. The molecule has 0 spiro atoms. The highest BCUT2D eigenvalue weighted by atomic mass is 32.1. The third-order valence-electron chi connectivity index (χ3n) is 4.26. The largest absolute Gasteiger partial charge is 0.494 e. The van der Waals surface area contributed by atoms with Crippen LogP contribution >= 0.6 is 12.2 Å². The minimum atomic E-state index is -0.515. The predicted molar refractivity (Wildman–Crippen MR) is 106 cm³/mol. The normalized spacial score (nSPS) is 13.5. The number of aromatic nitrogens is 1. The van der Waals surface area contributed by atoms with Crippen LogP contribution in [-0.2, 0) is 16.1 Å². The summed E-state index contributed by atoms with van der Waals surface area (Å²) in [6.45, 7) is -0.219. The standard InChI is InChI=1S/C19H13FN4O3S/c20-10-5-7-11(8-6-10)21-14(25)9-24-13-4-2-1-3-12(13)15(18(24)27)16-17(26)23-19(28)22-16/h1-8,27H,9H2,(H,21,25)(H,23,26,28). The van der Waals surface area contributed by atoms with E-state index in [-0.39, 0.29) is 28.8 Å². The number of benzene rings is 2. The lowest BCUT2D eigenvalue weighted by molar-refractivity contribution is -0.116. The summed E-state index contributed by atoms with van der Waals surface area (Å²) >= 11 is 4.90. The van der Waals surface area contributed by atoms with Crippen molar-refractivity contribution in [1.82, 2.24) is 9.88 Å². The molecular weight excluding hydrogens is 383 g/mol. The zero-order valence-electron chi connectivity index (χ0n) is 14.3. The molecule has 140 valence electrons. The van der Waals surface area contributed by atoms with Gasteiger partial charge in [-0.25, -0.2) is 9.38 Å². The number of nitrogens with one attached hydrogen (secondary N) is 2. The Bertz CT molecular complexity index is 1170. The Morgan fingerprint density at radius 1 is 1.21 bits per heavy atom. The van der Waals surface area contributed by atoms with E-state index in [1.165, 1.54) is 28.8 Å². The molecule has 4 rings (SSSR count). The van der Waals surface area contributed by atoms with Crippen LogP contribution in [-0.4, -0.2) is 32.3 Å². The molecule has 0 bridgehead atoms. The van der Waals surface area contributed by atoms with Gasteiger partial charge in [0.15, 0.2) is 0 Å². The van der Waals surface area contributed by atoms with E-state index in [1.54, 1.807) is 24.3 Å². The maximum absolute atomic E-state index is 13.0. The van der Waals surface area contributed by atoms with Crippen molar-refractivity contribution in [2.24, 2.45) is 4.99 Å². The van der Waals surface area contributed by atoms with E-state index < -0.39 is 17.6 Å². The van der Waals surface area contributed by atoms with Gasteiger partial charge in [-0.1, -0.05) is 18.2 Å². The number of fused-ring (bicyclic) bond motifs is 1. The molecule has 2 amide bonds. The molecule has 0 unspecified atom stereocenters. The second kappa shape index (κ2) is 6.86. The summed E-state index contributed by atoms with van der Waals surface area (Å²) in [6.07, 6.45) is 0. The van der Waals surface area contributed by atoms with E-state index in [4.69, 9.17) is 12.2 Å². The number of rotatable bonds is 4. The van der Waals surface area contributed by atoms with Crippen LogP contribution in [0.5, 0.6) is 5.88 Å². The number of thiocarbonyl (C=S) groups is 1. The van der Waals surface area contributed by atoms with E-state index in [0.29, 0.717) is 16.6 Å².